The zero-order valence-electron chi connectivity index (χ0n) is 19.6. The Bertz CT molecular complexity index is 1430. The van der Waals surface area contributed by atoms with Crippen LogP contribution in [0, 0.1) is 6.92 Å². The lowest BCUT2D eigenvalue weighted by Crippen LogP contribution is -2.13. The molecule has 0 aliphatic rings. The summed E-state index contributed by atoms with van der Waals surface area (Å²) in [7, 11) is -3.36. The van der Waals surface area contributed by atoms with Gasteiger partial charge in [-0.3, -0.25) is 0 Å². The number of aromatic nitrogens is 4. The topological polar surface area (TPSA) is 125 Å². The van der Waals surface area contributed by atoms with E-state index in [4.69, 9.17) is 10.2 Å². The van der Waals surface area contributed by atoms with Gasteiger partial charge in [-0.05, 0) is 56.5 Å². The molecular formula is C25H27N5O3S. The van der Waals surface area contributed by atoms with Gasteiger partial charge < -0.3 is 10.2 Å². The summed E-state index contributed by atoms with van der Waals surface area (Å²) >= 11 is 0. The van der Waals surface area contributed by atoms with Crippen LogP contribution in [-0.2, 0) is 16.3 Å². The minimum Gasteiger partial charge on any atom is -0.414 e. The van der Waals surface area contributed by atoms with E-state index in [1.165, 1.54) is 11.8 Å². The fourth-order valence-electron chi connectivity index (χ4n) is 3.62. The molecule has 2 aromatic heterocycles. The molecule has 0 aliphatic heterocycles. The van der Waals surface area contributed by atoms with Crippen molar-refractivity contribution in [3.05, 3.63) is 59.8 Å². The third kappa shape index (κ3) is 4.56. The Morgan fingerprint density at radius 3 is 2.38 bits per heavy atom. The summed E-state index contributed by atoms with van der Waals surface area (Å²) in [5, 5.41) is 7.84. The van der Waals surface area contributed by atoms with E-state index in [9.17, 15) is 8.42 Å². The van der Waals surface area contributed by atoms with Crippen molar-refractivity contribution >= 4 is 15.7 Å². The highest BCUT2D eigenvalue weighted by atomic mass is 32.2. The molecule has 2 N–H and O–H groups in total. The minimum absolute atomic E-state index is 0.160. The van der Waals surface area contributed by atoms with Crippen molar-refractivity contribution in [1.29, 1.82) is 0 Å². The number of nitrogen functional groups attached to an aromatic ring is 1. The van der Waals surface area contributed by atoms with Gasteiger partial charge in [0, 0.05) is 11.1 Å². The van der Waals surface area contributed by atoms with Crippen LogP contribution in [0.1, 0.15) is 38.3 Å². The number of benzene rings is 2. The van der Waals surface area contributed by atoms with Gasteiger partial charge in [-0.1, -0.05) is 37.6 Å². The van der Waals surface area contributed by atoms with Crippen LogP contribution < -0.4 is 5.73 Å². The molecule has 4 aromatic rings. The summed E-state index contributed by atoms with van der Waals surface area (Å²) in [6.07, 6.45) is 3.62. The van der Waals surface area contributed by atoms with Crippen LogP contribution in [0.4, 0.5) is 5.82 Å². The maximum absolute atomic E-state index is 12.4. The predicted molar refractivity (Wildman–Crippen MR) is 132 cm³/mol. The number of rotatable bonds is 7. The molecule has 176 valence electrons. The Morgan fingerprint density at radius 1 is 1.03 bits per heavy atom. The summed E-state index contributed by atoms with van der Waals surface area (Å²) < 4.78 is 30.7. The third-order valence-corrected chi connectivity index (χ3v) is 7.76. The van der Waals surface area contributed by atoms with Gasteiger partial charge in [-0.25, -0.2) is 18.4 Å². The molecule has 0 atom stereocenters. The Labute approximate surface area is 199 Å². The summed E-state index contributed by atoms with van der Waals surface area (Å²) in [5.74, 6) is 0.705. The zero-order chi connectivity index (χ0) is 24.5. The average Bonchev–Trinajstić information content (AvgIpc) is 3.29. The number of sulfone groups is 1. The van der Waals surface area contributed by atoms with Crippen molar-refractivity contribution < 1.29 is 12.8 Å². The van der Waals surface area contributed by atoms with Gasteiger partial charge in [0.2, 0.25) is 5.89 Å². The highest BCUT2D eigenvalue weighted by molar-refractivity contribution is 7.92. The van der Waals surface area contributed by atoms with Crippen LogP contribution in [0.15, 0.2) is 58.0 Å². The van der Waals surface area contributed by atoms with E-state index < -0.39 is 15.1 Å². The molecule has 0 saturated carbocycles. The Morgan fingerprint density at radius 2 is 1.74 bits per heavy atom. The molecule has 2 heterocycles. The summed E-state index contributed by atoms with van der Waals surface area (Å²) in [4.78, 5) is 9.07. The monoisotopic (exact) mass is 477 g/mol. The Balaban J connectivity index is 1.66. The lowest BCUT2D eigenvalue weighted by atomic mass is 10.0. The quantitative estimate of drug-likeness (QED) is 0.399. The third-order valence-electron chi connectivity index (χ3n) is 5.59. The molecular weight excluding hydrogens is 450 g/mol. The van der Waals surface area contributed by atoms with E-state index in [2.05, 4.69) is 39.2 Å². The normalized spacial score (nSPS) is 11.8. The minimum atomic E-state index is -3.36. The van der Waals surface area contributed by atoms with E-state index in [0.717, 1.165) is 24.0 Å². The Hall–Kier alpha value is -3.59. The maximum Gasteiger partial charge on any atom is 0.270 e. The molecule has 0 aliphatic carbocycles. The lowest BCUT2D eigenvalue weighted by molar-refractivity contribution is 0.581. The molecule has 4 rings (SSSR count). The van der Waals surface area contributed by atoms with Crippen LogP contribution in [-0.4, -0.2) is 33.8 Å². The van der Waals surface area contributed by atoms with Gasteiger partial charge in [0.1, 0.15) is 0 Å². The fraction of sp³-hybridized carbons (Fsp3) is 0.280. The van der Waals surface area contributed by atoms with Crippen LogP contribution in [0.2, 0.25) is 0 Å². The number of nitrogens with two attached hydrogens (primary N) is 1. The first-order valence-electron chi connectivity index (χ1n) is 11.1. The van der Waals surface area contributed by atoms with Gasteiger partial charge in [-0.2, -0.15) is 0 Å². The molecule has 9 heteroatoms. The van der Waals surface area contributed by atoms with Crippen LogP contribution in [0.25, 0.3) is 34.3 Å². The van der Waals surface area contributed by atoms with Crippen LogP contribution in [0.3, 0.4) is 0 Å². The zero-order valence-corrected chi connectivity index (χ0v) is 20.4. The SMILES string of the molecule is CCCc1ccc(-c2nnc(-c3nc(-c4ccc(S(=O)(=O)C(C)C)cc4)cnc3N)o2)c(C)c1. The molecule has 0 fully saturated rings. The molecule has 0 unspecified atom stereocenters. The fourth-order valence-corrected chi connectivity index (χ4v) is 4.68. The van der Waals surface area contributed by atoms with Crippen molar-refractivity contribution in [2.24, 2.45) is 0 Å². The van der Waals surface area contributed by atoms with Crippen molar-refractivity contribution in [2.45, 2.75) is 50.7 Å². The maximum atomic E-state index is 12.4. The van der Waals surface area contributed by atoms with E-state index in [0.29, 0.717) is 17.1 Å². The van der Waals surface area contributed by atoms with E-state index in [-0.39, 0.29) is 22.3 Å². The molecule has 34 heavy (non-hydrogen) atoms. The molecule has 0 spiro atoms. The van der Waals surface area contributed by atoms with Crippen LogP contribution >= 0.6 is 0 Å². The van der Waals surface area contributed by atoms with Gasteiger partial charge in [-0.15, -0.1) is 10.2 Å². The van der Waals surface area contributed by atoms with E-state index in [1.54, 1.807) is 38.1 Å². The number of anilines is 1. The second-order valence-corrected chi connectivity index (χ2v) is 10.9. The first-order chi connectivity index (χ1) is 16.2. The van der Waals surface area contributed by atoms with Crippen molar-refractivity contribution in [1.82, 2.24) is 20.2 Å². The smallest absolute Gasteiger partial charge is 0.270 e. The molecule has 0 saturated heterocycles. The molecule has 8 nitrogen and oxygen atoms in total. The van der Waals surface area contributed by atoms with Gasteiger partial charge in [0.05, 0.1) is 22.0 Å². The van der Waals surface area contributed by atoms with Gasteiger partial charge in [0.15, 0.2) is 21.3 Å². The largest absolute Gasteiger partial charge is 0.414 e. The highest BCUT2D eigenvalue weighted by Gasteiger charge is 2.20. The number of aryl methyl sites for hydroxylation is 2. The van der Waals surface area contributed by atoms with Crippen molar-refractivity contribution in [2.75, 3.05) is 5.73 Å². The Kier molecular flexibility index (Phi) is 6.47. The van der Waals surface area contributed by atoms with Crippen molar-refractivity contribution in [3.8, 4) is 34.3 Å². The summed E-state index contributed by atoms with van der Waals surface area (Å²) in [6.45, 7) is 7.46. The second-order valence-electron chi connectivity index (χ2n) is 8.42. The second kappa shape index (κ2) is 9.34. The molecule has 0 bridgehead atoms. The van der Waals surface area contributed by atoms with E-state index in [1.807, 2.05) is 13.0 Å². The van der Waals surface area contributed by atoms with E-state index >= 15 is 0 Å². The average molecular weight is 478 g/mol. The summed E-state index contributed by atoms with van der Waals surface area (Å²) in [5.41, 5.74) is 10.7. The van der Waals surface area contributed by atoms with Crippen LogP contribution in [0.5, 0.6) is 0 Å². The molecule has 0 amide bonds. The van der Waals surface area contributed by atoms with Crippen molar-refractivity contribution in [3.63, 3.8) is 0 Å². The number of nitrogens with zero attached hydrogens (tertiary/aromatic N) is 4. The molecule has 2 aromatic carbocycles. The molecule has 0 radical (unpaired) electrons. The van der Waals surface area contributed by atoms with Gasteiger partial charge >= 0.3 is 0 Å². The highest BCUT2D eigenvalue weighted by Crippen LogP contribution is 2.30. The first kappa shape index (κ1) is 23.6. The lowest BCUT2D eigenvalue weighted by Gasteiger charge is -2.09. The number of hydrogen-bond acceptors (Lipinski definition) is 8. The van der Waals surface area contributed by atoms with Gasteiger partial charge in [0.25, 0.3) is 5.89 Å². The number of hydrogen-bond donors (Lipinski definition) is 1. The standard InChI is InChI=1S/C25H27N5O3S/c1-5-6-17-7-12-20(16(4)13-17)24-29-30-25(33-24)22-23(26)27-14-21(28-22)18-8-10-19(11-9-18)34(31,32)15(2)3/h7-15H,5-6H2,1-4H3,(H2,26,27). The first-order valence-corrected chi connectivity index (χ1v) is 12.7. The predicted octanol–water partition coefficient (Wildman–Crippen LogP) is 4.89. The summed E-state index contributed by atoms with van der Waals surface area (Å²) in [6, 6.07) is 12.7.